The van der Waals surface area contributed by atoms with Crippen molar-refractivity contribution < 1.29 is 4.79 Å². The fourth-order valence-electron chi connectivity index (χ4n) is 2.32. The number of hydrogen-bond donors (Lipinski definition) is 1. The number of rotatable bonds is 6. The molecule has 1 unspecified atom stereocenters. The first-order valence-electron chi connectivity index (χ1n) is 7.02. The largest absolute Gasteiger partial charge is 0.353 e. The first-order chi connectivity index (χ1) is 9.69. The Morgan fingerprint density at radius 3 is 2.70 bits per heavy atom. The predicted octanol–water partition coefficient (Wildman–Crippen LogP) is 4.06. The molecule has 2 aromatic rings. The summed E-state index contributed by atoms with van der Waals surface area (Å²) in [5.41, 5.74) is 1.06. The van der Waals surface area contributed by atoms with Crippen LogP contribution in [0.25, 0.3) is 10.8 Å². The highest BCUT2D eigenvalue weighted by molar-refractivity contribution is 9.09. The summed E-state index contributed by atoms with van der Waals surface area (Å²) in [4.78, 5) is 12.0. The molecule has 1 N–H and O–H groups in total. The van der Waals surface area contributed by atoms with Gasteiger partial charge in [-0.15, -0.1) is 0 Å². The highest BCUT2D eigenvalue weighted by Gasteiger charge is 2.08. The van der Waals surface area contributed by atoms with Gasteiger partial charge in [0.05, 0.1) is 6.42 Å². The molecule has 0 saturated carbocycles. The van der Waals surface area contributed by atoms with Gasteiger partial charge in [-0.3, -0.25) is 4.79 Å². The summed E-state index contributed by atoms with van der Waals surface area (Å²) < 4.78 is 0. The molecule has 0 aliphatic rings. The lowest BCUT2D eigenvalue weighted by molar-refractivity contribution is -0.121. The van der Waals surface area contributed by atoms with E-state index in [0.717, 1.165) is 23.7 Å². The minimum atomic E-state index is 0.0994. The lowest BCUT2D eigenvalue weighted by atomic mass is 10.0. The molecule has 0 aromatic heterocycles. The van der Waals surface area contributed by atoms with Crippen molar-refractivity contribution in [3.05, 3.63) is 48.0 Å². The Kier molecular flexibility index (Phi) is 5.60. The number of carbonyl (C=O) groups is 1. The molecule has 2 rings (SSSR count). The van der Waals surface area contributed by atoms with Crippen LogP contribution in [0.15, 0.2) is 42.5 Å². The highest BCUT2D eigenvalue weighted by atomic mass is 79.9. The summed E-state index contributed by atoms with van der Waals surface area (Å²) in [6, 6.07) is 14.7. The van der Waals surface area contributed by atoms with Crippen molar-refractivity contribution in [2.24, 2.45) is 0 Å². The predicted molar refractivity (Wildman–Crippen MR) is 88.3 cm³/mol. The average Bonchev–Trinajstić information content (AvgIpc) is 2.44. The van der Waals surface area contributed by atoms with Gasteiger partial charge < -0.3 is 5.32 Å². The molecule has 0 bridgehead atoms. The fraction of sp³-hybridized carbons (Fsp3) is 0.353. The van der Waals surface area contributed by atoms with Gasteiger partial charge in [-0.1, -0.05) is 58.4 Å². The maximum absolute atomic E-state index is 12.0. The summed E-state index contributed by atoms with van der Waals surface area (Å²) >= 11 is 3.41. The number of fused-ring (bicyclic) bond motifs is 1. The zero-order valence-corrected chi connectivity index (χ0v) is 13.3. The van der Waals surface area contributed by atoms with Gasteiger partial charge in [-0.05, 0) is 36.1 Å². The number of carbonyl (C=O) groups excluding carboxylic acids is 1. The average molecular weight is 334 g/mol. The van der Waals surface area contributed by atoms with Gasteiger partial charge in [-0.2, -0.15) is 0 Å². The molecule has 106 valence electrons. The van der Waals surface area contributed by atoms with Crippen LogP contribution < -0.4 is 5.32 Å². The first-order valence-corrected chi connectivity index (χ1v) is 8.14. The molecule has 0 radical (unpaired) electrons. The molecule has 0 saturated heterocycles. The smallest absolute Gasteiger partial charge is 0.224 e. The Labute approximate surface area is 128 Å². The summed E-state index contributed by atoms with van der Waals surface area (Å²) in [5, 5.41) is 6.43. The molecule has 0 fully saturated rings. The monoisotopic (exact) mass is 333 g/mol. The van der Waals surface area contributed by atoms with Crippen molar-refractivity contribution in [1.29, 1.82) is 0 Å². The molecule has 0 aliphatic heterocycles. The van der Waals surface area contributed by atoms with Gasteiger partial charge in [0.1, 0.15) is 0 Å². The van der Waals surface area contributed by atoms with E-state index in [2.05, 4.69) is 52.4 Å². The number of nitrogens with one attached hydrogen (secondary N) is 1. The Morgan fingerprint density at radius 2 is 1.95 bits per heavy atom. The van der Waals surface area contributed by atoms with E-state index in [1.54, 1.807) is 0 Å². The van der Waals surface area contributed by atoms with E-state index < -0.39 is 0 Å². The minimum absolute atomic E-state index is 0.0994. The van der Waals surface area contributed by atoms with Crippen LogP contribution in [0, 0.1) is 0 Å². The zero-order chi connectivity index (χ0) is 14.4. The van der Waals surface area contributed by atoms with Crippen LogP contribution in [0.1, 0.15) is 25.3 Å². The van der Waals surface area contributed by atoms with Crippen LogP contribution in [-0.4, -0.2) is 17.3 Å². The zero-order valence-electron chi connectivity index (χ0n) is 11.7. The Morgan fingerprint density at radius 1 is 1.20 bits per heavy atom. The molecule has 1 atom stereocenters. The number of alkyl halides is 1. The van der Waals surface area contributed by atoms with Gasteiger partial charge in [0.2, 0.25) is 5.91 Å². The number of hydrogen-bond acceptors (Lipinski definition) is 1. The maximum Gasteiger partial charge on any atom is 0.224 e. The lowest BCUT2D eigenvalue weighted by Crippen LogP contribution is -2.33. The molecule has 3 heteroatoms. The minimum Gasteiger partial charge on any atom is -0.353 e. The molecule has 2 nitrogen and oxygen atoms in total. The van der Waals surface area contributed by atoms with Gasteiger partial charge in [0, 0.05) is 11.4 Å². The van der Waals surface area contributed by atoms with Crippen LogP contribution in [-0.2, 0) is 11.2 Å². The van der Waals surface area contributed by atoms with Crippen molar-refractivity contribution >= 4 is 32.6 Å². The third-order valence-corrected chi connectivity index (χ3v) is 3.92. The fourth-order valence-corrected chi connectivity index (χ4v) is 2.64. The molecule has 1 amide bonds. The van der Waals surface area contributed by atoms with Crippen molar-refractivity contribution in [2.45, 2.75) is 32.2 Å². The summed E-state index contributed by atoms with van der Waals surface area (Å²) in [7, 11) is 0. The van der Waals surface area contributed by atoms with Gasteiger partial charge in [0.15, 0.2) is 0 Å². The van der Waals surface area contributed by atoms with Gasteiger partial charge >= 0.3 is 0 Å². The molecule has 0 heterocycles. The van der Waals surface area contributed by atoms with Crippen LogP contribution in [0.5, 0.6) is 0 Å². The third-order valence-electron chi connectivity index (χ3n) is 3.36. The van der Waals surface area contributed by atoms with E-state index in [0.29, 0.717) is 6.42 Å². The summed E-state index contributed by atoms with van der Waals surface area (Å²) in [6.45, 7) is 2.06. The topological polar surface area (TPSA) is 29.1 Å². The van der Waals surface area contributed by atoms with E-state index >= 15 is 0 Å². The second-order valence-corrected chi connectivity index (χ2v) is 5.95. The van der Waals surface area contributed by atoms with Crippen LogP contribution >= 0.6 is 15.9 Å². The van der Waals surface area contributed by atoms with E-state index in [-0.39, 0.29) is 11.9 Å². The highest BCUT2D eigenvalue weighted by Crippen LogP contribution is 2.16. The van der Waals surface area contributed by atoms with Crippen LogP contribution in [0.4, 0.5) is 0 Å². The Bertz CT molecular complexity index is 582. The molecular weight excluding hydrogens is 314 g/mol. The molecule has 0 spiro atoms. The van der Waals surface area contributed by atoms with E-state index in [9.17, 15) is 4.79 Å². The first kappa shape index (κ1) is 15.0. The number of amides is 1. The van der Waals surface area contributed by atoms with Crippen molar-refractivity contribution in [3.63, 3.8) is 0 Å². The van der Waals surface area contributed by atoms with Crippen molar-refractivity contribution in [3.8, 4) is 0 Å². The van der Waals surface area contributed by atoms with Crippen LogP contribution in [0.2, 0.25) is 0 Å². The molecule has 2 aromatic carbocycles. The third kappa shape index (κ3) is 4.34. The normalized spacial score (nSPS) is 12.3. The Balaban J connectivity index is 1.95. The molecule has 0 aliphatic carbocycles. The second kappa shape index (κ2) is 7.44. The maximum atomic E-state index is 12.0. The van der Waals surface area contributed by atoms with Crippen molar-refractivity contribution in [1.82, 2.24) is 5.32 Å². The van der Waals surface area contributed by atoms with Gasteiger partial charge in [-0.25, -0.2) is 0 Å². The molecule has 20 heavy (non-hydrogen) atoms. The van der Waals surface area contributed by atoms with Gasteiger partial charge in [0.25, 0.3) is 0 Å². The summed E-state index contributed by atoms with van der Waals surface area (Å²) in [6.07, 6.45) is 2.54. The Hall–Kier alpha value is -1.35. The van der Waals surface area contributed by atoms with E-state index in [1.165, 1.54) is 10.8 Å². The number of halogens is 1. The summed E-state index contributed by atoms with van der Waals surface area (Å²) in [5.74, 6) is 0.0994. The van der Waals surface area contributed by atoms with Crippen molar-refractivity contribution in [2.75, 3.05) is 5.33 Å². The second-order valence-electron chi connectivity index (χ2n) is 5.16. The quantitative estimate of drug-likeness (QED) is 0.793. The standard InChI is InChI=1S/C17H20BrNO/c1-13(5-4-10-18)19-17(20)12-14-8-9-15-6-2-3-7-16(15)11-14/h2-3,6-9,11,13H,4-5,10,12H2,1H3,(H,19,20). The van der Waals surface area contributed by atoms with Crippen LogP contribution in [0.3, 0.4) is 0 Å². The SMILES string of the molecule is CC(CCCBr)NC(=O)Cc1ccc2ccccc2c1. The lowest BCUT2D eigenvalue weighted by Gasteiger charge is -2.13. The molecular formula is C17H20BrNO. The number of benzene rings is 2. The van der Waals surface area contributed by atoms with E-state index in [1.807, 2.05) is 18.2 Å². The van der Waals surface area contributed by atoms with E-state index in [4.69, 9.17) is 0 Å².